The molecular weight excluding hydrogens is 398 g/mol. The molecule has 8 nitrogen and oxygen atoms in total. The van der Waals surface area contributed by atoms with Crippen LogP contribution >= 0.6 is 15.9 Å². The molecule has 0 saturated heterocycles. The summed E-state index contributed by atoms with van der Waals surface area (Å²) in [6.45, 7) is 0. The maximum absolute atomic E-state index is 12.2. The first-order valence-corrected chi connectivity index (χ1v) is 7.81. The van der Waals surface area contributed by atoms with Crippen LogP contribution < -0.4 is 4.74 Å². The summed E-state index contributed by atoms with van der Waals surface area (Å²) in [6, 6.07) is 3.26. The summed E-state index contributed by atoms with van der Waals surface area (Å²) in [4.78, 5) is 36.4. The van der Waals surface area contributed by atoms with Crippen LogP contribution in [0, 0.1) is 0 Å². The number of fused-ring (bicyclic) bond motifs is 1. The average molecular weight is 414 g/mol. The summed E-state index contributed by atoms with van der Waals surface area (Å²) in [7, 11) is 5.02. The van der Waals surface area contributed by atoms with Gasteiger partial charge in [-0.2, -0.15) is 0 Å². The topological polar surface area (TPSA) is 93.1 Å². The van der Waals surface area contributed by atoms with Gasteiger partial charge in [0.2, 0.25) is 0 Å². The molecule has 0 fully saturated rings. The van der Waals surface area contributed by atoms with Crippen molar-refractivity contribution >= 4 is 44.9 Å². The minimum atomic E-state index is -1.37. The molecule has 0 radical (unpaired) electrons. The van der Waals surface area contributed by atoms with E-state index < -0.39 is 23.9 Å². The van der Waals surface area contributed by atoms with Gasteiger partial charge in [0, 0.05) is 17.1 Å². The monoisotopic (exact) mass is 413 g/mol. The Hall–Kier alpha value is -2.55. The molecule has 0 spiro atoms. The fourth-order valence-electron chi connectivity index (χ4n) is 2.51. The van der Waals surface area contributed by atoms with Crippen LogP contribution in [0.25, 0.3) is 10.9 Å². The highest BCUT2D eigenvalue weighted by atomic mass is 79.9. The van der Waals surface area contributed by atoms with E-state index in [1.807, 2.05) is 0 Å². The molecule has 0 atom stereocenters. The standard InChI is InChI=1S/C16H16BrNO7/c1-22-10-6-5-9-11(13(10)17)8(7-18(9)16(21)25-4)12(14(19)23-2)15(20)24-3/h5-7,12H,1-4H3. The molecule has 0 saturated carbocycles. The molecule has 2 rings (SSSR count). The largest absolute Gasteiger partial charge is 0.496 e. The highest BCUT2D eigenvalue weighted by Crippen LogP contribution is 2.39. The van der Waals surface area contributed by atoms with Crippen molar-refractivity contribution in [1.29, 1.82) is 0 Å². The first-order valence-electron chi connectivity index (χ1n) is 7.02. The van der Waals surface area contributed by atoms with Gasteiger partial charge in [-0.25, -0.2) is 4.79 Å². The molecule has 0 amide bonds. The first-order chi connectivity index (χ1) is 11.9. The molecule has 0 aliphatic heterocycles. The van der Waals surface area contributed by atoms with E-state index in [1.165, 1.54) is 25.0 Å². The number of halogens is 1. The molecule has 2 aromatic rings. The maximum atomic E-state index is 12.2. The van der Waals surface area contributed by atoms with E-state index in [1.54, 1.807) is 12.1 Å². The lowest BCUT2D eigenvalue weighted by Gasteiger charge is -2.13. The van der Waals surface area contributed by atoms with Gasteiger partial charge in [0.15, 0.2) is 5.92 Å². The number of nitrogens with zero attached hydrogens (tertiary/aromatic N) is 1. The van der Waals surface area contributed by atoms with Crippen molar-refractivity contribution in [2.45, 2.75) is 5.92 Å². The number of hydrogen-bond donors (Lipinski definition) is 0. The van der Waals surface area contributed by atoms with Crippen LogP contribution in [-0.4, -0.2) is 51.0 Å². The summed E-state index contributed by atoms with van der Waals surface area (Å²) in [5.41, 5.74) is 0.650. The molecule has 0 bridgehead atoms. The summed E-state index contributed by atoms with van der Waals surface area (Å²) in [5.74, 6) is -2.53. The van der Waals surface area contributed by atoms with Gasteiger partial charge in [0.1, 0.15) is 5.75 Å². The molecular formula is C16H16BrNO7. The molecule has 1 aromatic heterocycles. The van der Waals surface area contributed by atoms with Gasteiger partial charge in [-0.3, -0.25) is 14.2 Å². The molecule has 134 valence electrons. The molecule has 25 heavy (non-hydrogen) atoms. The molecule has 0 aliphatic rings. The van der Waals surface area contributed by atoms with Crippen molar-refractivity contribution in [2.24, 2.45) is 0 Å². The van der Waals surface area contributed by atoms with Gasteiger partial charge in [0.05, 0.1) is 38.4 Å². The van der Waals surface area contributed by atoms with E-state index in [0.29, 0.717) is 21.1 Å². The lowest BCUT2D eigenvalue weighted by Crippen LogP contribution is -2.24. The van der Waals surface area contributed by atoms with Gasteiger partial charge in [-0.1, -0.05) is 0 Å². The zero-order chi connectivity index (χ0) is 18.7. The Morgan fingerprint density at radius 3 is 2.08 bits per heavy atom. The third kappa shape index (κ3) is 3.19. The Morgan fingerprint density at radius 2 is 1.60 bits per heavy atom. The smallest absolute Gasteiger partial charge is 0.418 e. The van der Waals surface area contributed by atoms with Crippen LogP contribution in [0.2, 0.25) is 0 Å². The first kappa shape index (κ1) is 18.8. The minimum Gasteiger partial charge on any atom is -0.496 e. The SMILES string of the molecule is COC(=O)C(C(=O)OC)c1cn(C(=O)OC)c2ccc(OC)c(Br)c12. The number of ether oxygens (including phenoxy) is 4. The van der Waals surface area contributed by atoms with Crippen LogP contribution in [0.3, 0.4) is 0 Å². The summed E-state index contributed by atoms with van der Waals surface area (Å²) in [6.07, 6.45) is 0.668. The molecule has 0 aliphatic carbocycles. The summed E-state index contributed by atoms with van der Waals surface area (Å²) in [5, 5.41) is 0.436. The van der Waals surface area contributed by atoms with E-state index in [0.717, 1.165) is 14.2 Å². The molecule has 0 unspecified atom stereocenters. The van der Waals surface area contributed by atoms with Crippen LogP contribution in [-0.2, 0) is 23.8 Å². The average Bonchev–Trinajstić information content (AvgIpc) is 3.01. The Balaban J connectivity index is 2.87. The zero-order valence-corrected chi connectivity index (χ0v) is 15.6. The second-order valence-corrected chi connectivity index (χ2v) is 5.67. The fraction of sp³-hybridized carbons (Fsp3) is 0.312. The van der Waals surface area contributed by atoms with Crippen LogP contribution in [0.1, 0.15) is 11.5 Å². The van der Waals surface area contributed by atoms with Crippen molar-refractivity contribution in [1.82, 2.24) is 4.57 Å². The van der Waals surface area contributed by atoms with Gasteiger partial charge in [-0.05, 0) is 28.1 Å². The number of esters is 2. The van der Waals surface area contributed by atoms with E-state index in [2.05, 4.69) is 15.9 Å². The Kier molecular flexibility index (Phi) is 5.68. The second-order valence-electron chi connectivity index (χ2n) is 4.88. The van der Waals surface area contributed by atoms with Gasteiger partial charge in [0.25, 0.3) is 0 Å². The molecule has 1 aromatic carbocycles. The summed E-state index contributed by atoms with van der Waals surface area (Å²) < 4.78 is 21.1. The third-order valence-corrected chi connectivity index (χ3v) is 4.46. The second kappa shape index (κ2) is 7.56. The Morgan fingerprint density at radius 1 is 1.00 bits per heavy atom. The van der Waals surface area contributed by atoms with Crippen molar-refractivity contribution in [2.75, 3.05) is 28.4 Å². The minimum absolute atomic E-state index is 0.227. The quantitative estimate of drug-likeness (QED) is 0.431. The zero-order valence-electron chi connectivity index (χ0n) is 14.0. The molecule has 0 N–H and O–H groups in total. The van der Waals surface area contributed by atoms with Gasteiger partial charge >= 0.3 is 18.0 Å². The lowest BCUT2D eigenvalue weighted by atomic mass is 9.98. The van der Waals surface area contributed by atoms with Crippen LogP contribution in [0.4, 0.5) is 4.79 Å². The maximum Gasteiger partial charge on any atom is 0.418 e. The normalized spacial score (nSPS) is 10.6. The van der Waals surface area contributed by atoms with Crippen LogP contribution in [0.5, 0.6) is 5.75 Å². The van der Waals surface area contributed by atoms with Crippen molar-refractivity contribution in [3.63, 3.8) is 0 Å². The number of carbonyl (C=O) groups excluding carboxylic acids is 3. The predicted molar refractivity (Wildman–Crippen MR) is 90.8 cm³/mol. The highest BCUT2D eigenvalue weighted by Gasteiger charge is 2.35. The van der Waals surface area contributed by atoms with E-state index in [4.69, 9.17) is 18.9 Å². The van der Waals surface area contributed by atoms with Crippen molar-refractivity contribution in [3.05, 3.63) is 28.4 Å². The summed E-state index contributed by atoms with van der Waals surface area (Å²) >= 11 is 3.39. The number of aromatic nitrogens is 1. The number of methoxy groups -OCH3 is 4. The van der Waals surface area contributed by atoms with Crippen molar-refractivity contribution < 1.29 is 33.3 Å². The number of rotatable bonds is 4. The third-order valence-electron chi connectivity index (χ3n) is 3.68. The highest BCUT2D eigenvalue weighted by molar-refractivity contribution is 9.10. The van der Waals surface area contributed by atoms with E-state index >= 15 is 0 Å². The Labute approximate surface area is 151 Å². The van der Waals surface area contributed by atoms with Crippen molar-refractivity contribution in [3.8, 4) is 5.75 Å². The Bertz CT molecular complexity index is 827. The van der Waals surface area contributed by atoms with E-state index in [9.17, 15) is 14.4 Å². The number of hydrogen-bond acceptors (Lipinski definition) is 7. The number of carbonyl (C=O) groups is 3. The van der Waals surface area contributed by atoms with Gasteiger partial charge in [-0.15, -0.1) is 0 Å². The lowest BCUT2D eigenvalue weighted by molar-refractivity contribution is -0.154. The molecule has 1 heterocycles. The number of benzene rings is 1. The fourth-order valence-corrected chi connectivity index (χ4v) is 3.23. The van der Waals surface area contributed by atoms with Gasteiger partial charge < -0.3 is 18.9 Å². The molecule has 9 heteroatoms. The van der Waals surface area contributed by atoms with Crippen LogP contribution in [0.15, 0.2) is 22.8 Å². The predicted octanol–water partition coefficient (Wildman–Crippen LogP) is 2.46. The van der Waals surface area contributed by atoms with E-state index in [-0.39, 0.29) is 5.56 Å².